The Kier molecular flexibility index (Phi) is 6.74. The van der Waals surface area contributed by atoms with Crippen molar-refractivity contribution in [1.29, 1.82) is 0 Å². The monoisotopic (exact) mass is 436 g/mol. The molecule has 0 bridgehead atoms. The molecular formula is C22H17ClN4O4. The number of carbonyl (C=O) groups excluding carboxylic acids is 2. The molecule has 3 aromatic carbocycles. The maximum atomic E-state index is 12.3. The first kappa shape index (κ1) is 21.7. The number of rotatable bonds is 6. The van der Waals surface area contributed by atoms with Crippen molar-refractivity contribution in [2.45, 2.75) is 6.92 Å². The normalized spacial score (nSPS) is 10.6. The molecule has 0 saturated carbocycles. The summed E-state index contributed by atoms with van der Waals surface area (Å²) in [6.45, 7) is 1.90. The number of amides is 2. The van der Waals surface area contributed by atoms with E-state index in [1.165, 1.54) is 36.5 Å². The molecule has 0 saturated heterocycles. The van der Waals surface area contributed by atoms with E-state index >= 15 is 0 Å². The fraction of sp³-hybridized carbons (Fsp3) is 0.0455. The summed E-state index contributed by atoms with van der Waals surface area (Å²) in [5, 5.41) is 17.7. The van der Waals surface area contributed by atoms with Crippen LogP contribution in [0.15, 0.2) is 71.8 Å². The molecule has 0 heterocycles. The Labute approximate surface area is 182 Å². The number of hydrogen-bond donors (Lipinski definition) is 2. The van der Waals surface area contributed by atoms with E-state index in [1.807, 2.05) is 13.0 Å². The summed E-state index contributed by atoms with van der Waals surface area (Å²) in [5.74, 6) is -0.742. The molecule has 0 atom stereocenters. The lowest BCUT2D eigenvalue weighted by molar-refractivity contribution is -0.384. The van der Waals surface area contributed by atoms with Crippen molar-refractivity contribution in [1.82, 2.24) is 5.43 Å². The SMILES string of the molecule is Cc1cccc(C(=O)Nc2ccc(C(=O)NN=Cc3cc([N+](=O)[O-])ccc3Cl)cc2)c1. The number of carbonyl (C=O) groups is 2. The van der Waals surface area contributed by atoms with Gasteiger partial charge in [0, 0.05) is 39.5 Å². The first-order valence-electron chi connectivity index (χ1n) is 9.09. The number of nitro groups is 1. The molecule has 8 nitrogen and oxygen atoms in total. The van der Waals surface area contributed by atoms with Crippen molar-refractivity contribution in [3.8, 4) is 0 Å². The van der Waals surface area contributed by atoms with E-state index in [0.717, 1.165) is 5.56 Å². The Morgan fingerprint density at radius 2 is 1.74 bits per heavy atom. The fourth-order valence-electron chi connectivity index (χ4n) is 2.66. The van der Waals surface area contributed by atoms with Gasteiger partial charge in [0.15, 0.2) is 0 Å². The number of aryl methyl sites for hydroxylation is 1. The third-order valence-corrected chi connectivity index (χ3v) is 4.59. The van der Waals surface area contributed by atoms with Crippen molar-refractivity contribution in [3.63, 3.8) is 0 Å². The Bertz CT molecular complexity index is 1180. The van der Waals surface area contributed by atoms with Gasteiger partial charge in [0.05, 0.1) is 11.1 Å². The third kappa shape index (κ3) is 5.74. The molecule has 0 radical (unpaired) electrons. The minimum atomic E-state index is -0.550. The van der Waals surface area contributed by atoms with E-state index in [1.54, 1.807) is 30.3 Å². The molecule has 156 valence electrons. The van der Waals surface area contributed by atoms with Crippen LogP contribution in [0.2, 0.25) is 5.02 Å². The van der Waals surface area contributed by atoms with E-state index in [2.05, 4.69) is 15.8 Å². The number of hydrogen-bond acceptors (Lipinski definition) is 5. The van der Waals surface area contributed by atoms with Crippen LogP contribution in [0.4, 0.5) is 11.4 Å². The van der Waals surface area contributed by atoms with Crippen molar-refractivity contribution in [3.05, 3.63) is 104 Å². The van der Waals surface area contributed by atoms with Crippen molar-refractivity contribution >= 4 is 41.0 Å². The molecule has 2 N–H and O–H groups in total. The molecular weight excluding hydrogens is 420 g/mol. The standard InChI is InChI=1S/C22H17ClN4O4/c1-14-3-2-4-16(11-14)21(28)25-18-7-5-15(6-8-18)22(29)26-24-13-17-12-19(27(30)31)9-10-20(17)23/h2-13H,1H3,(H,25,28)(H,26,29). The molecule has 0 aromatic heterocycles. The van der Waals surface area contributed by atoms with Gasteiger partial charge in [-0.1, -0.05) is 29.3 Å². The van der Waals surface area contributed by atoms with Crippen LogP contribution in [0, 0.1) is 17.0 Å². The number of nitrogens with zero attached hydrogens (tertiary/aromatic N) is 2. The van der Waals surface area contributed by atoms with Gasteiger partial charge in [-0.2, -0.15) is 5.10 Å². The van der Waals surface area contributed by atoms with Crippen LogP contribution in [-0.2, 0) is 0 Å². The van der Waals surface area contributed by atoms with E-state index in [9.17, 15) is 19.7 Å². The zero-order valence-corrected chi connectivity index (χ0v) is 17.1. The van der Waals surface area contributed by atoms with E-state index < -0.39 is 10.8 Å². The number of non-ortho nitro benzene ring substituents is 1. The van der Waals surface area contributed by atoms with Crippen LogP contribution in [-0.4, -0.2) is 23.0 Å². The fourth-order valence-corrected chi connectivity index (χ4v) is 2.83. The first-order valence-corrected chi connectivity index (χ1v) is 9.47. The molecule has 0 unspecified atom stereocenters. The molecule has 3 aromatic rings. The number of anilines is 1. The summed E-state index contributed by atoms with van der Waals surface area (Å²) in [7, 11) is 0. The third-order valence-electron chi connectivity index (χ3n) is 4.25. The number of nitro benzene ring substituents is 1. The Balaban J connectivity index is 1.62. The molecule has 31 heavy (non-hydrogen) atoms. The lowest BCUT2D eigenvalue weighted by atomic mass is 10.1. The lowest BCUT2D eigenvalue weighted by Crippen LogP contribution is -2.18. The lowest BCUT2D eigenvalue weighted by Gasteiger charge is -2.07. The highest BCUT2D eigenvalue weighted by atomic mass is 35.5. The molecule has 0 fully saturated rings. The summed E-state index contributed by atoms with van der Waals surface area (Å²) in [5.41, 5.74) is 4.86. The zero-order valence-electron chi connectivity index (χ0n) is 16.3. The van der Waals surface area contributed by atoms with Crippen LogP contribution < -0.4 is 10.7 Å². The highest BCUT2D eigenvalue weighted by Gasteiger charge is 2.10. The molecule has 0 aliphatic rings. The predicted octanol–water partition coefficient (Wildman–Crippen LogP) is 4.57. The maximum absolute atomic E-state index is 12.3. The van der Waals surface area contributed by atoms with Gasteiger partial charge in [-0.25, -0.2) is 5.43 Å². The van der Waals surface area contributed by atoms with Crippen LogP contribution >= 0.6 is 11.6 Å². The maximum Gasteiger partial charge on any atom is 0.271 e. The summed E-state index contributed by atoms with van der Waals surface area (Å²) >= 11 is 5.98. The smallest absolute Gasteiger partial charge is 0.271 e. The largest absolute Gasteiger partial charge is 0.322 e. The highest BCUT2D eigenvalue weighted by molar-refractivity contribution is 6.33. The van der Waals surface area contributed by atoms with Gasteiger partial charge < -0.3 is 5.32 Å². The van der Waals surface area contributed by atoms with Crippen LogP contribution in [0.5, 0.6) is 0 Å². The molecule has 3 rings (SSSR count). The van der Waals surface area contributed by atoms with Crippen LogP contribution in [0.3, 0.4) is 0 Å². The minimum absolute atomic E-state index is 0.138. The van der Waals surface area contributed by atoms with Crippen molar-refractivity contribution < 1.29 is 14.5 Å². The molecule has 9 heteroatoms. The van der Waals surface area contributed by atoms with Gasteiger partial charge in [0.25, 0.3) is 17.5 Å². The van der Waals surface area contributed by atoms with Gasteiger partial charge in [0.2, 0.25) is 0 Å². The second-order valence-electron chi connectivity index (χ2n) is 6.56. The Hall–Kier alpha value is -4.04. The van der Waals surface area contributed by atoms with Crippen LogP contribution in [0.25, 0.3) is 0 Å². The average molecular weight is 437 g/mol. The highest BCUT2D eigenvalue weighted by Crippen LogP contribution is 2.20. The van der Waals surface area contributed by atoms with Crippen LogP contribution in [0.1, 0.15) is 31.8 Å². The summed E-state index contributed by atoms with van der Waals surface area (Å²) in [4.78, 5) is 34.8. The number of benzene rings is 3. The van der Waals surface area contributed by atoms with Gasteiger partial charge >= 0.3 is 0 Å². The predicted molar refractivity (Wildman–Crippen MR) is 119 cm³/mol. The quantitative estimate of drug-likeness (QED) is 0.334. The first-order chi connectivity index (χ1) is 14.8. The van der Waals surface area contributed by atoms with E-state index in [0.29, 0.717) is 22.4 Å². The van der Waals surface area contributed by atoms with Crippen molar-refractivity contribution in [2.24, 2.45) is 5.10 Å². The second-order valence-corrected chi connectivity index (χ2v) is 6.97. The van der Waals surface area contributed by atoms with Crippen molar-refractivity contribution in [2.75, 3.05) is 5.32 Å². The van der Waals surface area contributed by atoms with Gasteiger partial charge in [-0.3, -0.25) is 19.7 Å². The zero-order chi connectivity index (χ0) is 22.4. The number of nitrogens with one attached hydrogen (secondary N) is 2. The Morgan fingerprint density at radius 3 is 2.42 bits per heavy atom. The van der Waals surface area contributed by atoms with Gasteiger partial charge in [-0.15, -0.1) is 0 Å². The molecule has 0 aliphatic carbocycles. The second kappa shape index (κ2) is 9.64. The molecule has 0 spiro atoms. The number of halogens is 1. The van der Waals surface area contributed by atoms with Gasteiger partial charge in [-0.05, 0) is 49.4 Å². The van der Waals surface area contributed by atoms with E-state index in [-0.39, 0.29) is 16.6 Å². The minimum Gasteiger partial charge on any atom is -0.322 e. The average Bonchev–Trinajstić information content (AvgIpc) is 2.75. The summed E-state index contributed by atoms with van der Waals surface area (Å²) < 4.78 is 0. The Morgan fingerprint density at radius 1 is 1.00 bits per heavy atom. The number of hydrazone groups is 1. The summed E-state index contributed by atoms with van der Waals surface area (Å²) in [6, 6.07) is 17.4. The topological polar surface area (TPSA) is 114 Å². The van der Waals surface area contributed by atoms with E-state index in [4.69, 9.17) is 11.6 Å². The molecule has 2 amide bonds. The molecule has 0 aliphatic heterocycles. The van der Waals surface area contributed by atoms with Gasteiger partial charge in [0.1, 0.15) is 0 Å². The summed E-state index contributed by atoms with van der Waals surface area (Å²) in [6.07, 6.45) is 1.23.